The number of primary amides is 1. The largest absolute Gasteiger partial charge is 0.507 e. The topological polar surface area (TPSA) is 208 Å². The number of carboxylic acid groups (broad SMARTS) is 1. The molecule has 1 amide bonds. The summed E-state index contributed by atoms with van der Waals surface area (Å²) in [6.07, 6.45) is 0.137. The number of hydrogen-bond donors (Lipinski definition) is 5. The molecule has 3 aliphatic rings. The maximum absolute atomic E-state index is 14.2. The first-order valence-electron chi connectivity index (χ1n) is 14.5. The number of anilines is 1. The van der Waals surface area contributed by atoms with Crippen molar-refractivity contribution >= 4 is 40.7 Å². The van der Waals surface area contributed by atoms with Crippen molar-refractivity contribution in [3.63, 3.8) is 0 Å². The number of phenols is 1. The lowest BCUT2D eigenvalue weighted by Crippen LogP contribution is -2.74. The predicted octanol–water partition coefficient (Wildman–Crippen LogP) is -0.0790. The second-order valence-electron chi connectivity index (χ2n) is 12.5. The van der Waals surface area contributed by atoms with Gasteiger partial charge in [-0.3, -0.25) is 28.9 Å². The fraction of sp³-hybridized carbons (Fsp3) is 0.438. The van der Waals surface area contributed by atoms with Crippen molar-refractivity contribution < 1.29 is 44.1 Å². The Labute approximate surface area is 259 Å². The molecule has 45 heavy (non-hydrogen) atoms. The number of hydrogen-bond acceptors (Lipinski definition) is 11. The van der Waals surface area contributed by atoms with E-state index >= 15 is 0 Å². The summed E-state index contributed by atoms with van der Waals surface area (Å²) in [6.45, 7) is 0.446. The van der Waals surface area contributed by atoms with Gasteiger partial charge >= 0.3 is 5.97 Å². The fourth-order valence-corrected chi connectivity index (χ4v) is 7.35. The number of carbonyl (C=O) groups excluding carboxylic acids is 5. The number of nitrogens with two attached hydrogens (primary N) is 1. The minimum absolute atomic E-state index is 0.0263. The Morgan fingerprint density at radius 1 is 1.02 bits per heavy atom. The van der Waals surface area contributed by atoms with Crippen molar-refractivity contribution in [2.24, 2.45) is 29.4 Å². The number of carboxylic acids is 1. The highest BCUT2D eigenvalue weighted by atomic mass is 16.4. The number of nitrogens with zero attached hydrogens (tertiary/aromatic N) is 2. The maximum Gasteiger partial charge on any atom is 0.335 e. The van der Waals surface area contributed by atoms with Crippen LogP contribution < -0.4 is 16.0 Å². The molecular formula is C32H36N4O9. The highest BCUT2D eigenvalue weighted by molar-refractivity contribution is 6.32. The summed E-state index contributed by atoms with van der Waals surface area (Å²) in [4.78, 5) is 81.5. The van der Waals surface area contributed by atoms with Gasteiger partial charge in [-0.25, -0.2) is 4.79 Å². The van der Waals surface area contributed by atoms with Gasteiger partial charge in [0, 0.05) is 44.4 Å². The van der Waals surface area contributed by atoms with E-state index in [9.17, 15) is 39.0 Å². The molecule has 0 bridgehead atoms. The number of aromatic hydroxyl groups is 1. The molecular weight excluding hydrogens is 584 g/mol. The third-order valence-corrected chi connectivity index (χ3v) is 9.44. The number of fused-ring (bicyclic) bond motifs is 3. The summed E-state index contributed by atoms with van der Waals surface area (Å²) in [5.74, 6) is -12.0. The van der Waals surface area contributed by atoms with Gasteiger partial charge in [0.15, 0.2) is 34.7 Å². The summed E-state index contributed by atoms with van der Waals surface area (Å²) >= 11 is 0. The first-order chi connectivity index (χ1) is 21.1. The Hall–Kier alpha value is -4.46. The molecule has 2 saturated carbocycles. The Kier molecular flexibility index (Phi) is 8.15. The predicted molar refractivity (Wildman–Crippen MR) is 160 cm³/mol. The van der Waals surface area contributed by atoms with E-state index in [1.54, 1.807) is 37.2 Å². The summed E-state index contributed by atoms with van der Waals surface area (Å²) in [5, 5.41) is 35.5. The van der Waals surface area contributed by atoms with Crippen LogP contribution in [0, 0.1) is 23.7 Å². The maximum atomic E-state index is 14.2. The Morgan fingerprint density at radius 2 is 1.67 bits per heavy atom. The fourth-order valence-electron chi connectivity index (χ4n) is 7.35. The molecule has 0 aromatic heterocycles. The Morgan fingerprint density at radius 3 is 2.22 bits per heavy atom. The van der Waals surface area contributed by atoms with Gasteiger partial charge in [0.05, 0.1) is 23.1 Å². The molecule has 0 heterocycles. The zero-order valence-corrected chi connectivity index (χ0v) is 25.4. The molecule has 6 atom stereocenters. The van der Waals surface area contributed by atoms with Crippen LogP contribution >= 0.6 is 0 Å². The van der Waals surface area contributed by atoms with Crippen LogP contribution in [0.4, 0.5) is 5.69 Å². The number of Topliss-reactive ketones (excluding diaryl/α,β-unsaturated/α-hetero) is 4. The second kappa shape index (κ2) is 11.5. The number of rotatable bonds is 8. The average molecular weight is 621 g/mol. The molecule has 2 unspecified atom stereocenters. The standard InChI is InChI=1S/C32H36N4O9/c1-35(2)20-11-17(13-34-12-14-5-7-15(8-6-14)31(43)44)25(37)22-18(20)9-16-10-19-24(36(3)4)27(39)23(30(33)42)29(41)32(19,45)28(40)21(16)26(22)38/h5-8,11,16,19,21,23-24,34,37,45H,9-10,12-13H2,1-4H3,(H2,33,42)(H,43,44)/t16-,19-,21?,23?,24-,32-/m0/s1. The first kappa shape index (κ1) is 31.9. The minimum atomic E-state index is -2.79. The number of benzene rings is 2. The third-order valence-electron chi connectivity index (χ3n) is 9.44. The lowest BCUT2D eigenvalue weighted by molar-refractivity contribution is -0.181. The smallest absolute Gasteiger partial charge is 0.335 e. The number of phenolic OH excluding ortho intramolecular Hbond substituents is 1. The lowest BCUT2D eigenvalue weighted by Gasteiger charge is -2.52. The number of carbonyl (C=O) groups is 6. The molecule has 0 radical (unpaired) electrons. The number of amides is 1. The van der Waals surface area contributed by atoms with Crippen LogP contribution in [-0.4, -0.2) is 95.1 Å². The van der Waals surface area contributed by atoms with Crippen molar-refractivity contribution in [1.82, 2.24) is 10.2 Å². The quantitative estimate of drug-likeness (QED) is 0.246. The molecule has 5 rings (SSSR count). The third kappa shape index (κ3) is 5.00. The van der Waals surface area contributed by atoms with E-state index < -0.39 is 70.3 Å². The van der Waals surface area contributed by atoms with Crippen LogP contribution in [0.5, 0.6) is 5.75 Å². The van der Waals surface area contributed by atoms with E-state index in [0.717, 1.165) is 5.56 Å². The highest BCUT2D eigenvalue weighted by Crippen LogP contribution is 2.52. The van der Waals surface area contributed by atoms with Gasteiger partial charge in [0.1, 0.15) is 5.75 Å². The summed E-state index contributed by atoms with van der Waals surface area (Å²) < 4.78 is 0. The summed E-state index contributed by atoms with van der Waals surface area (Å²) in [6, 6.07) is 6.87. The molecule has 238 valence electrons. The normalized spacial score (nSPS) is 27.6. The van der Waals surface area contributed by atoms with Crippen molar-refractivity contribution in [3.05, 3.63) is 58.1 Å². The summed E-state index contributed by atoms with van der Waals surface area (Å²) in [7, 11) is 6.63. The van der Waals surface area contributed by atoms with Crippen molar-refractivity contribution in [3.8, 4) is 5.75 Å². The zero-order valence-electron chi connectivity index (χ0n) is 25.4. The van der Waals surface area contributed by atoms with E-state index in [0.29, 0.717) is 23.4 Å². The van der Waals surface area contributed by atoms with Gasteiger partial charge in [-0.1, -0.05) is 12.1 Å². The van der Waals surface area contributed by atoms with Gasteiger partial charge in [0.2, 0.25) is 5.91 Å². The van der Waals surface area contributed by atoms with Crippen LogP contribution in [0.3, 0.4) is 0 Å². The number of ketones is 4. The van der Waals surface area contributed by atoms with Gasteiger partial charge < -0.3 is 31.3 Å². The molecule has 0 aliphatic heterocycles. The van der Waals surface area contributed by atoms with E-state index in [-0.39, 0.29) is 36.3 Å². The van der Waals surface area contributed by atoms with Gasteiger partial charge in [-0.15, -0.1) is 0 Å². The van der Waals surface area contributed by atoms with Crippen molar-refractivity contribution in [1.29, 1.82) is 0 Å². The van der Waals surface area contributed by atoms with Crippen LogP contribution in [0.25, 0.3) is 0 Å². The molecule has 2 aromatic carbocycles. The number of aromatic carboxylic acids is 1. The zero-order chi connectivity index (χ0) is 33.1. The number of aliphatic hydroxyl groups is 1. The molecule has 6 N–H and O–H groups in total. The van der Waals surface area contributed by atoms with Crippen molar-refractivity contribution in [2.45, 2.75) is 37.6 Å². The molecule has 0 saturated heterocycles. The highest BCUT2D eigenvalue weighted by Gasteiger charge is 2.69. The summed E-state index contributed by atoms with van der Waals surface area (Å²) in [5.41, 5.74) is 4.98. The number of nitrogens with one attached hydrogen (secondary N) is 1. The SMILES string of the molecule is CN(C)c1cc(CNCc2ccc(C(=O)O)cc2)c(O)c2c1C[C@H]1C[C@H]3[C@H](N(C)C)C(=O)C(C(N)=O)C(=O)[C@@]3(O)C(=O)C1C2=O. The van der Waals surface area contributed by atoms with Crippen LogP contribution in [0.15, 0.2) is 30.3 Å². The lowest BCUT2D eigenvalue weighted by atomic mass is 9.52. The first-order valence-corrected chi connectivity index (χ1v) is 14.5. The second-order valence-corrected chi connectivity index (χ2v) is 12.5. The van der Waals surface area contributed by atoms with Gasteiger partial charge in [-0.05, 0) is 62.2 Å². The van der Waals surface area contributed by atoms with E-state index in [1.165, 1.54) is 31.1 Å². The monoisotopic (exact) mass is 620 g/mol. The van der Waals surface area contributed by atoms with Gasteiger partial charge in [-0.2, -0.15) is 0 Å². The van der Waals surface area contributed by atoms with Crippen molar-refractivity contribution in [2.75, 3.05) is 33.1 Å². The van der Waals surface area contributed by atoms with E-state index in [4.69, 9.17) is 10.8 Å². The molecule has 2 fully saturated rings. The molecule has 13 heteroatoms. The minimum Gasteiger partial charge on any atom is -0.507 e. The van der Waals surface area contributed by atoms with Crippen LogP contribution in [0.1, 0.15) is 43.8 Å². The van der Waals surface area contributed by atoms with E-state index in [1.807, 2.05) is 0 Å². The molecule has 3 aliphatic carbocycles. The van der Waals surface area contributed by atoms with Gasteiger partial charge in [0.25, 0.3) is 0 Å². The van der Waals surface area contributed by atoms with Crippen LogP contribution in [0.2, 0.25) is 0 Å². The Bertz CT molecular complexity index is 1630. The number of likely N-dealkylation sites (N-methyl/N-ethyl adjacent to an activating group) is 1. The average Bonchev–Trinajstić information content (AvgIpc) is 2.95. The molecule has 2 aromatic rings. The molecule has 13 nitrogen and oxygen atoms in total. The van der Waals surface area contributed by atoms with Crippen LogP contribution in [-0.2, 0) is 38.7 Å². The molecule has 0 spiro atoms. The van der Waals surface area contributed by atoms with E-state index in [2.05, 4.69) is 5.32 Å². The Balaban J connectivity index is 1.51.